The van der Waals surface area contributed by atoms with E-state index in [0.717, 1.165) is 0 Å². The summed E-state index contributed by atoms with van der Waals surface area (Å²) in [6.45, 7) is 0.346. The highest BCUT2D eigenvalue weighted by Crippen LogP contribution is 2.21. The number of amides is 1. The lowest BCUT2D eigenvalue weighted by Gasteiger charge is -2.13. The molecule has 0 aromatic carbocycles. The van der Waals surface area contributed by atoms with E-state index in [9.17, 15) is 4.79 Å². The zero-order valence-corrected chi connectivity index (χ0v) is 11.3. The van der Waals surface area contributed by atoms with E-state index in [0.29, 0.717) is 21.5 Å². The van der Waals surface area contributed by atoms with E-state index in [-0.39, 0.29) is 12.0 Å². The Hall–Kier alpha value is -1.30. The normalized spacial score (nSPS) is 12.3. The molecular weight excluding hydrogens is 274 g/mol. The molecule has 0 bridgehead atoms. The second kappa shape index (κ2) is 6.04. The highest BCUT2D eigenvalue weighted by molar-refractivity contribution is 7.17. The van der Waals surface area contributed by atoms with Crippen LogP contribution in [-0.4, -0.2) is 19.6 Å². The van der Waals surface area contributed by atoms with Crippen molar-refractivity contribution in [3.05, 3.63) is 45.5 Å². The second-order valence-electron chi connectivity index (χ2n) is 3.55. The zero-order valence-electron chi connectivity index (χ0n) is 9.68. The maximum atomic E-state index is 11.8. The van der Waals surface area contributed by atoms with Crippen molar-refractivity contribution in [1.29, 1.82) is 0 Å². The summed E-state index contributed by atoms with van der Waals surface area (Å²) < 4.78 is 11.1. The molecule has 0 aliphatic heterocycles. The van der Waals surface area contributed by atoms with Crippen LogP contribution in [-0.2, 0) is 4.74 Å². The van der Waals surface area contributed by atoms with Gasteiger partial charge >= 0.3 is 0 Å². The second-order valence-corrected chi connectivity index (χ2v) is 5.27. The molecule has 2 aromatic rings. The van der Waals surface area contributed by atoms with Crippen molar-refractivity contribution in [3.63, 3.8) is 0 Å². The predicted octanol–water partition coefficient (Wildman–Crippen LogP) is 3.11. The van der Waals surface area contributed by atoms with E-state index >= 15 is 0 Å². The summed E-state index contributed by atoms with van der Waals surface area (Å²) in [6, 6.07) is 6.98. The fourth-order valence-electron chi connectivity index (χ4n) is 1.48. The molecule has 6 heteroatoms. The van der Waals surface area contributed by atoms with Gasteiger partial charge in [0, 0.05) is 7.11 Å². The number of furan rings is 1. The highest BCUT2D eigenvalue weighted by Gasteiger charge is 2.16. The number of rotatable bonds is 5. The predicted molar refractivity (Wildman–Crippen MR) is 70.1 cm³/mol. The molecule has 0 spiro atoms. The Balaban J connectivity index is 1.92. The Bertz CT molecular complexity index is 509. The molecule has 0 aliphatic rings. The van der Waals surface area contributed by atoms with Gasteiger partial charge in [0.05, 0.1) is 22.0 Å². The molecule has 1 unspecified atom stereocenters. The average molecular weight is 286 g/mol. The van der Waals surface area contributed by atoms with Crippen molar-refractivity contribution in [2.45, 2.75) is 6.10 Å². The lowest BCUT2D eigenvalue weighted by Crippen LogP contribution is -2.28. The van der Waals surface area contributed by atoms with Gasteiger partial charge in [0.15, 0.2) is 0 Å². The third kappa shape index (κ3) is 3.13. The number of carbonyl (C=O) groups excluding carboxylic acids is 1. The summed E-state index contributed by atoms with van der Waals surface area (Å²) in [5.74, 6) is 0.516. The zero-order chi connectivity index (χ0) is 13.0. The molecular formula is C12H12ClNO3S. The van der Waals surface area contributed by atoms with Gasteiger partial charge in [-0.3, -0.25) is 4.79 Å². The number of methoxy groups -OCH3 is 1. The Kier molecular flexibility index (Phi) is 4.41. The van der Waals surface area contributed by atoms with Crippen LogP contribution in [0.15, 0.2) is 34.9 Å². The Morgan fingerprint density at radius 3 is 2.94 bits per heavy atom. The summed E-state index contributed by atoms with van der Waals surface area (Å²) in [5.41, 5.74) is 0. The van der Waals surface area contributed by atoms with Gasteiger partial charge in [0.25, 0.3) is 5.91 Å². The minimum absolute atomic E-state index is 0.166. The van der Waals surface area contributed by atoms with Gasteiger partial charge in [0.1, 0.15) is 11.9 Å². The van der Waals surface area contributed by atoms with E-state index in [1.807, 2.05) is 6.07 Å². The maximum absolute atomic E-state index is 11.8. The van der Waals surface area contributed by atoms with Crippen LogP contribution in [0.3, 0.4) is 0 Å². The molecule has 0 saturated carbocycles. The summed E-state index contributed by atoms with van der Waals surface area (Å²) in [7, 11) is 1.57. The number of ether oxygens (including phenoxy) is 1. The van der Waals surface area contributed by atoms with Gasteiger partial charge in [-0.05, 0) is 24.3 Å². The van der Waals surface area contributed by atoms with Crippen LogP contribution in [0.4, 0.5) is 0 Å². The van der Waals surface area contributed by atoms with Gasteiger partial charge < -0.3 is 14.5 Å². The smallest absolute Gasteiger partial charge is 0.261 e. The largest absolute Gasteiger partial charge is 0.467 e. The van der Waals surface area contributed by atoms with Gasteiger partial charge in [0.2, 0.25) is 0 Å². The van der Waals surface area contributed by atoms with Gasteiger partial charge in [-0.25, -0.2) is 0 Å². The molecule has 18 heavy (non-hydrogen) atoms. The van der Waals surface area contributed by atoms with Crippen molar-refractivity contribution in [2.75, 3.05) is 13.7 Å². The number of hydrogen-bond donors (Lipinski definition) is 1. The molecule has 1 N–H and O–H groups in total. The SMILES string of the molecule is COC(CNC(=O)c1ccc(Cl)s1)c1ccco1. The van der Waals surface area contributed by atoms with Crippen LogP contribution in [0, 0.1) is 0 Å². The Morgan fingerprint density at radius 1 is 1.56 bits per heavy atom. The quantitative estimate of drug-likeness (QED) is 0.918. The molecule has 2 heterocycles. The van der Waals surface area contributed by atoms with Crippen LogP contribution in [0.5, 0.6) is 0 Å². The summed E-state index contributed by atoms with van der Waals surface area (Å²) in [5, 5.41) is 2.78. The van der Waals surface area contributed by atoms with E-state index in [2.05, 4.69) is 5.32 Å². The fourth-order valence-corrected chi connectivity index (χ4v) is 2.44. The lowest BCUT2D eigenvalue weighted by molar-refractivity contribution is 0.0740. The van der Waals surface area contributed by atoms with E-state index < -0.39 is 0 Å². The highest BCUT2D eigenvalue weighted by atomic mass is 35.5. The standard InChI is InChI=1S/C12H12ClNO3S/c1-16-9(8-3-2-6-17-8)7-14-12(15)10-4-5-11(13)18-10/h2-6,9H,7H2,1H3,(H,14,15). The molecule has 1 atom stereocenters. The Labute approximate surface area is 114 Å². The minimum Gasteiger partial charge on any atom is -0.467 e. The number of nitrogens with one attached hydrogen (secondary N) is 1. The molecule has 1 amide bonds. The molecule has 96 valence electrons. The number of halogens is 1. The van der Waals surface area contributed by atoms with Crippen LogP contribution >= 0.6 is 22.9 Å². The van der Waals surface area contributed by atoms with Crippen LogP contribution in [0.25, 0.3) is 0 Å². The average Bonchev–Trinajstić information content (AvgIpc) is 3.01. The van der Waals surface area contributed by atoms with Crippen LogP contribution in [0.2, 0.25) is 4.34 Å². The fraction of sp³-hybridized carbons (Fsp3) is 0.250. The lowest BCUT2D eigenvalue weighted by atomic mass is 10.2. The molecule has 4 nitrogen and oxygen atoms in total. The van der Waals surface area contributed by atoms with E-state index in [1.54, 1.807) is 31.6 Å². The van der Waals surface area contributed by atoms with Crippen molar-refractivity contribution in [2.24, 2.45) is 0 Å². The van der Waals surface area contributed by atoms with Gasteiger partial charge in [-0.1, -0.05) is 11.6 Å². The monoisotopic (exact) mass is 285 g/mol. The Morgan fingerprint density at radius 2 is 2.39 bits per heavy atom. The van der Waals surface area contributed by atoms with Crippen molar-refractivity contribution < 1.29 is 13.9 Å². The molecule has 0 aliphatic carbocycles. The van der Waals surface area contributed by atoms with Crippen molar-refractivity contribution in [1.82, 2.24) is 5.32 Å². The first kappa shape index (κ1) is 13.1. The first-order valence-corrected chi connectivity index (χ1v) is 6.50. The molecule has 2 rings (SSSR count). The van der Waals surface area contributed by atoms with Crippen molar-refractivity contribution in [3.8, 4) is 0 Å². The van der Waals surface area contributed by atoms with Crippen LogP contribution < -0.4 is 5.32 Å². The topological polar surface area (TPSA) is 51.5 Å². The number of carbonyl (C=O) groups is 1. The number of hydrogen-bond acceptors (Lipinski definition) is 4. The van der Waals surface area contributed by atoms with E-state index in [4.69, 9.17) is 20.8 Å². The van der Waals surface area contributed by atoms with Gasteiger partial charge in [-0.15, -0.1) is 11.3 Å². The first-order valence-electron chi connectivity index (χ1n) is 5.30. The molecule has 0 saturated heterocycles. The summed E-state index contributed by atoms with van der Waals surface area (Å²) >= 11 is 7.02. The summed E-state index contributed by atoms with van der Waals surface area (Å²) in [4.78, 5) is 12.4. The van der Waals surface area contributed by atoms with E-state index in [1.165, 1.54) is 11.3 Å². The number of thiophene rings is 1. The van der Waals surface area contributed by atoms with Crippen molar-refractivity contribution >= 4 is 28.8 Å². The maximum Gasteiger partial charge on any atom is 0.261 e. The summed E-state index contributed by atoms with van der Waals surface area (Å²) in [6.07, 6.45) is 1.28. The first-order chi connectivity index (χ1) is 8.70. The molecule has 2 aromatic heterocycles. The minimum atomic E-state index is -0.292. The molecule has 0 radical (unpaired) electrons. The third-order valence-corrected chi connectivity index (χ3v) is 3.62. The van der Waals surface area contributed by atoms with Gasteiger partial charge in [-0.2, -0.15) is 0 Å². The van der Waals surface area contributed by atoms with Crippen LogP contribution in [0.1, 0.15) is 21.5 Å². The molecule has 0 fully saturated rings. The third-order valence-electron chi connectivity index (χ3n) is 2.39.